The monoisotopic (exact) mass is 289 g/mol. The molecule has 1 heterocycles. The van der Waals surface area contributed by atoms with Crippen LogP contribution in [-0.2, 0) is 16.3 Å². The highest BCUT2D eigenvalue weighted by molar-refractivity contribution is 7.91. The van der Waals surface area contributed by atoms with Crippen LogP contribution in [0, 0.1) is 0 Å². The van der Waals surface area contributed by atoms with E-state index in [1.165, 1.54) is 0 Å². The maximum Gasteiger partial charge on any atom is 0.154 e. The van der Waals surface area contributed by atoms with Gasteiger partial charge < -0.3 is 10.5 Å². The van der Waals surface area contributed by atoms with E-state index < -0.39 is 9.84 Å². The summed E-state index contributed by atoms with van der Waals surface area (Å²) in [7, 11) is -2.93. The van der Waals surface area contributed by atoms with Crippen molar-refractivity contribution in [2.75, 3.05) is 18.1 Å². The van der Waals surface area contributed by atoms with Crippen LogP contribution >= 0.6 is 11.6 Å². The van der Waals surface area contributed by atoms with E-state index in [-0.39, 0.29) is 17.6 Å². The molecular weight excluding hydrogens is 274 g/mol. The van der Waals surface area contributed by atoms with Gasteiger partial charge in [0.25, 0.3) is 0 Å². The van der Waals surface area contributed by atoms with Gasteiger partial charge in [-0.1, -0.05) is 17.7 Å². The molecule has 1 atom stereocenters. The average molecular weight is 290 g/mol. The summed E-state index contributed by atoms with van der Waals surface area (Å²) in [5.74, 6) is 0.932. The van der Waals surface area contributed by atoms with Gasteiger partial charge in [-0.3, -0.25) is 0 Å². The highest BCUT2D eigenvalue weighted by Gasteiger charge is 2.29. The molecule has 1 aromatic carbocycles. The number of rotatable bonds is 4. The maximum absolute atomic E-state index is 11.4. The normalized spacial score (nSPS) is 22.0. The van der Waals surface area contributed by atoms with Crippen molar-refractivity contribution in [1.82, 2.24) is 0 Å². The first kappa shape index (κ1) is 13.6. The molecule has 0 spiro atoms. The third-order valence-corrected chi connectivity index (χ3v) is 5.05. The molecule has 4 nitrogen and oxygen atoms in total. The first-order chi connectivity index (χ1) is 8.52. The van der Waals surface area contributed by atoms with Crippen LogP contribution in [0.4, 0.5) is 0 Å². The van der Waals surface area contributed by atoms with Crippen molar-refractivity contribution in [2.24, 2.45) is 5.73 Å². The van der Waals surface area contributed by atoms with Gasteiger partial charge in [-0.05, 0) is 31.5 Å². The van der Waals surface area contributed by atoms with Gasteiger partial charge in [0, 0.05) is 10.6 Å². The van der Waals surface area contributed by atoms with Crippen molar-refractivity contribution < 1.29 is 13.2 Å². The Balaban J connectivity index is 2.17. The van der Waals surface area contributed by atoms with Crippen LogP contribution in [0.15, 0.2) is 18.2 Å². The first-order valence-corrected chi connectivity index (χ1v) is 8.06. The zero-order valence-corrected chi connectivity index (χ0v) is 11.5. The second kappa shape index (κ2) is 5.47. The maximum atomic E-state index is 11.4. The number of benzene rings is 1. The van der Waals surface area contributed by atoms with E-state index in [2.05, 4.69) is 0 Å². The highest BCUT2D eigenvalue weighted by Crippen LogP contribution is 2.29. The molecule has 0 aliphatic carbocycles. The summed E-state index contributed by atoms with van der Waals surface area (Å²) < 4.78 is 28.5. The summed E-state index contributed by atoms with van der Waals surface area (Å²) in [4.78, 5) is 0. The summed E-state index contributed by atoms with van der Waals surface area (Å²) >= 11 is 6.10. The van der Waals surface area contributed by atoms with Gasteiger partial charge in [-0.15, -0.1) is 0 Å². The molecule has 1 aromatic rings. The van der Waals surface area contributed by atoms with Crippen LogP contribution < -0.4 is 10.5 Å². The van der Waals surface area contributed by atoms with Crippen molar-refractivity contribution in [3.8, 4) is 5.75 Å². The summed E-state index contributed by atoms with van der Waals surface area (Å²) in [5, 5.41) is 0.610. The molecule has 0 aromatic heterocycles. The van der Waals surface area contributed by atoms with E-state index in [0.29, 0.717) is 30.2 Å². The molecule has 18 heavy (non-hydrogen) atoms. The smallest absolute Gasteiger partial charge is 0.154 e. The summed E-state index contributed by atoms with van der Waals surface area (Å²) in [6.45, 7) is 0.475. The number of sulfone groups is 1. The quantitative estimate of drug-likeness (QED) is 0.910. The fourth-order valence-corrected chi connectivity index (χ4v) is 3.92. The number of nitrogens with two attached hydrogens (primary N) is 1. The number of hydrogen-bond acceptors (Lipinski definition) is 4. The molecule has 0 amide bonds. The third kappa shape index (κ3) is 3.16. The van der Waals surface area contributed by atoms with Gasteiger partial charge in [-0.25, -0.2) is 8.42 Å². The van der Waals surface area contributed by atoms with Crippen LogP contribution in [0.1, 0.15) is 12.0 Å². The largest absolute Gasteiger partial charge is 0.489 e. The second-order valence-electron chi connectivity index (χ2n) is 4.40. The van der Waals surface area contributed by atoms with E-state index in [1.54, 1.807) is 12.1 Å². The SMILES string of the molecule is NCCc1c(Cl)cccc1OC1CCS(=O)(=O)C1. The Kier molecular flexibility index (Phi) is 4.14. The minimum Gasteiger partial charge on any atom is -0.489 e. The van der Waals surface area contributed by atoms with Crippen LogP contribution in [0.3, 0.4) is 0 Å². The van der Waals surface area contributed by atoms with Gasteiger partial charge in [0.05, 0.1) is 11.5 Å². The van der Waals surface area contributed by atoms with E-state index in [1.807, 2.05) is 6.07 Å². The lowest BCUT2D eigenvalue weighted by atomic mass is 10.1. The van der Waals surface area contributed by atoms with E-state index in [4.69, 9.17) is 22.1 Å². The van der Waals surface area contributed by atoms with Crippen molar-refractivity contribution in [3.63, 3.8) is 0 Å². The number of ether oxygens (including phenoxy) is 1. The molecule has 1 fully saturated rings. The Bertz CT molecular complexity index is 530. The third-order valence-electron chi connectivity index (χ3n) is 2.95. The molecule has 1 saturated heterocycles. The standard InChI is InChI=1S/C12H16ClNO3S/c13-11-2-1-3-12(10(11)4-6-14)17-9-5-7-18(15,16)8-9/h1-3,9H,4-8,14H2. The predicted octanol–water partition coefficient (Wildman–Crippen LogP) is 1.41. The molecule has 2 rings (SSSR count). The zero-order valence-electron chi connectivity index (χ0n) is 9.93. The minimum atomic E-state index is -2.93. The van der Waals surface area contributed by atoms with Gasteiger partial charge >= 0.3 is 0 Å². The molecule has 0 bridgehead atoms. The molecule has 1 unspecified atom stereocenters. The van der Waals surface area contributed by atoms with Crippen LogP contribution in [-0.4, -0.2) is 32.6 Å². The van der Waals surface area contributed by atoms with Gasteiger partial charge in [0.15, 0.2) is 9.84 Å². The first-order valence-electron chi connectivity index (χ1n) is 5.86. The van der Waals surface area contributed by atoms with Gasteiger partial charge in [-0.2, -0.15) is 0 Å². The highest BCUT2D eigenvalue weighted by atomic mass is 35.5. The summed E-state index contributed by atoms with van der Waals surface area (Å²) in [6.07, 6.45) is 0.885. The zero-order chi connectivity index (χ0) is 13.2. The minimum absolute atomic E-state index is 0.0849. The molecule has 1 aliphatic rings. The second-order valence-corrected chi connectivity index (χ2v) is 7.03. The molecule has 2 N–H and O–H groups in total. The Morgan fingerprint density at radius 1 is 1.44 bits per heavy atom. The van der Waals surface area contributed by atoms with Crippen molar-refractivity contribution >= 4 is 21.4 Å². The topological polar surface area (TPSA) is 69.4 Å². The Morgan fingerprint density at radius 2 is 2.22 bits per heavy atom. The Labute approximate surface area is 112 Å². The Morgan fingerprint density at radius 3 is 2.83 bits per heavy atom. The Hall–Kier alpha value is -0.780. The van der Waals surface area contributed by atoms with Crippen molar-refractivity contribution in [3.05, 3.63) is 28.8 Å². The van der Waals surface area contributed by atoms with Crippen molar-refractivity contribution in [1.29, 1.82) is 0 Å². The summed E-state index contributed by atoms with van der Waals surface area (Å²) in [6, 6.07) is 5.38. The molecular formula is C12H16ClNO3S. The van der Waals surface area contributed by atoms with Gasteiger partial charge in [0.1, 0.15) is 11.9 Å². The van der Waals surface area contributed by atoms with Crippen LogP contribution in [0.5, 0.6) is 5.75 Å². The van der Waals surface area contributed by atoms with Gasteiger partial charge in [0.2, 0.25) is 0 Å². The lowest BCUT2D eigenvalue weighted by Crippen LogP contribution is -2.19. The molecule has 1 aliphatic heterocycles. The molecule has 0 saturated carbocycles. The molecule has 100 valence electrons. The summed E-state index contributed by atoms with van der Waals surface area (Å²) in [5.41, 5.74) is 6.39. The fraction of sp³-hybridized carbons (Fsp3) is 0.500. The molecule has 6 heteroatoms. The fourth-order valence-electron chi connectivity index (χ4n) is 2.07. The van der Waals surface area contributed by atoms with Crippen molar-refractivity contribution in [2.45, 2.75) is 18.9 Å². The van der Waals surface area contributed by atoms with Crippen LogP contribution in [0.2, 0.25) is 5.02 Å². The predicted molar refractivity (Wildman–Crippen MR) is 71.9 cm³/mol. The van der Waals surface area contributed by atoms with E-state index in [9.17, 15) is 8.42 Å². The number of halogens is 1. The number of hydrogen-bond donors (Lipinski definition) is 1. The molecule has 0 radical (unpaired) electrons. The van der Waals surface area contributed by atoms with Crippen LogP contribution in [0.25, 0.3) is 0 Å². The lowest BCUT2D eigenvalue weighted by molar-refractivity contribution is 0.226. The van der Waals surface area contributed by atoms with E-state index >= 15 is 0 Å². The average Bonchev–Trinajstić information content (AvgIpc) is 2.63. The lowest BCUT2D eigenvalue weighted by Gasteiger charge is -2.16. The van der Waals surface area contributed by atoms with E-state index in [0.717, 1.165) is 5.56 Å².